The van der Waals surface area contributed by atoms with Crippen molar-refractivity contribution in [1.29, 1.82) is 0 Å². The van der Waals surface area contributed by atoms with Gasteiger partial charge < -0.3 is 15.0 Å². The van der Waals surface area contributed by atoms with Gasteiger partial charge in [-0.25, -0.2) is 0 Å². The Morgan fingerprint density at radius 2 is 2.00 bits per heavy atom. The van der Waals surface area contributed by atoms with Crippen LogP contribution in [0.4, 0.5) is 5.69 Å². The van der Waals surface area contributed by atoms with E-state index in [0.717, 1.165) is 39.1 Å². The molecule has 1 N–H and O–H groups in total. The van der Waals surface area contributed by atoms with Crippen LogP contribution < -0.4 is 10.2 Å². The topological polar surface area (TPSA) is 24.5 Å². The van der Waals surface area contributed by atoms with Gasteiger partial charge >= 0.3 is 0 Å². The van der Waals surface area contributed by atoms with Crippen molar-refractivity contribution in [2.75, 3.05) is 38.3 Å². The molecule has 1 aliphatic rings. The molecule has 1 saturated heterocycles. The molecule has 2 unspecified atom stereocenters. The summed E-state index contributed by atoms with van der Waals surface area (Å²) in [5, 5.41) is 3.60. The first-order valence-corrected chi connectivity index (χ1v) is 7.85. The zero-order chi connectivity index (χ0) is 14.4. The molecule has 3 nitrogen and oxygen atoms in total. The summed E-state index contributed by atoms with van der Waals surface area (Å²) in [7, 11) is 2.18. The number of hydrogen-bond donors (Lipinski definition) is 1. The summed E-state index contributed by atoms with van der Waals surface area (Å²) in [6, 6.07) is 9.50. The highest BCUT2D eigenvalue weighted by Gasteiger charge is 2.26. The SMILES string of the molecule is CCNC1CCOCC1CN(C)c1ccc(CC)cc1. The number of hydrogen-bond acceptors (Lipinski definition) is 3. The second-order valence-corrected chi connectivity index (χ2v) is 5.69. The number of ether oxygens (including phenoxy) is 1. The predicted molar refractivity (Wildman–Crippen MR) is 85.5 cm³/mol. The molecule has 0 aliphatic carbocycles. The number of benzene rings is 1. The fraction of sp³-hybridized carbons (Fsp3) is 0.647. The molecule has 1 fully saturated rings. The second kappa shape index (κ2) is 7.65. The average molecular weight is 276 g/mol. The maximum Gasteiger partial charge on any atom is 0.0526 e. The molecule has 0 aromatic heterocycles. The van der Waals surface area contributed by atoms with E-state index in [4.69, 9.17) is 4.74 Å². The first-order valence-electron chi connectivity index (χ1n) is 7.85. The number of rotatable bonds is 6. The first-order chi connectivity index (χ1) is 9.74. The summed E-state index contributed by atoms with van der Waals surface area (Å²) >= 11 is 0. The van der Waals surface area contributed by atoms with E-state index in [0.29, 0.717) is 12.0 Å². The molecule has 112 valence electrons. The normalized spacial score (nSPS) is 22.8. The predicted octanol–water partition coefficient (Wildman–Crippen LogP) is 2.70. The third kappa shape index (κ3) is 3.97. The Balaban J connectivity index is 1.95. The summed E-state index contributed by atoms with van der Waals surface area (Å²) in [4.78, 5) is 2.35. The van der Waals surface area contributed by atoms with Crippen LogP contribution in [0.25, 0.3) is 0 Å². The van der Waals surface area contributed by atoms with Crippen LogP contribution in [0.1, 0.15) is 25.8 Å². The molecule has 1 aromatic rings. The summed E-state index contributed by atoms with van der Waals surface area (Å²) in [5.41, 5.74) is 2.69. The number of nitrogens with zero attached hydrogens (tertiary/aromatic N) is 1. The van der Waals surface area contributed by atoms with Crippen LogP contribution in [-0.4, -0.2) is 39.4 Å². The van der Waals surface area contributed by atoms with E-state index in [1.165, 1.54) is 11.3 Å². The molecule has 0 bridgehead atoms. The molecule has 0 saturated carbocycles. The van der Waals surface area contributed by atoms with Crippen LogP contribution in [-0.2, 0) is 11.2 Å². The van der Waals surface area contributed by atoms with E-state index in [1.54, 1.807) is 0 Å². The van der Waals surface area contributed by atoms with Crippen LogP contribution in [0.3, 0.4) is 0 Å². The standard InChI is InChI=1S/C17H28N2O/c1-4-14-6-8-16(9-7-14)19(3)12-15-13-20-11-10-17(15)18-5-2/h6-9,15,17-18H,4-5,10-13H2,1-3H3. The van der Waals surface area contributed by atoms with Crippen molar-refractivity contribution in [3.63, 3.8) is 0 Å². The fourth-order valence-electron chi connectivity index (χ4n) is 2.95. The lowest BCUT2D eigenvalue weighted by Gasteiger charge is -2.35. The molecule has 1 heterocycles. The van der Waals surface area contributed by atoms with Crippen molar-refractivity contribution in [3.05, 3.63) is 29.8 Å². The monoisotopic (exact) mass is 276 g/mol. The number of nitrogens with one attached hydrogen (secondary N) is 1. The number of anilines is 1. The minimum Gasteiger partial charge on any atom is -0.381 e. The average Bonchev–Trinajstić information content (AvgIpc) is 2.49. The van der Waals surface area contributed by atoms with Crippen molar-refractivity contribution in [2.24, 2.45) is 5.92 Å². The Morgan fingerprint density at radius 1 is 1.25 bits per heavy atom. The van der Waals surface area contributed by atoms with Crippen LogP contribution in [0.5, 0.6) is 0 Å². The molecular formula is C17H28N2O. The van der Waals surface area contributed by atoms with Gasteiger partial charge in [0.25, 0.3) is 0 Å². The van der Waals surface area contributed by atoms with Gasteiger partial charge in [-0.15, -0.1) is 0 Å². The van der Waals surface area contributed by atoms with Crippen molar-refractivity contribution in [2.45, 2.75) is 32.7 Å². The fourth-order valence-corrected chi connectivity index (χ4v) is 2.95. The van der Waals surface area contributed by atoms with E-state index < -0.39 is 0 Å². The van der Waals surface area contributed by atoms with Gasteiger partial charge in [0.05, 0.1) is 6.61 Å². The minimum atomic E-state index is 0.569. The van der Waals surface area contributed by atoms with Crippen LogP contribution in [0.15, 0.2) is 24.3 Å². The summed E-state index contributed by atoms with van der Waals surface area (Å²) in [5.74, 6) is 0.569. The Hall–Kier alpha value is -1.06. The zero-order valence-corrected chi connectivity index (χ0v) is 13.1. The van der Waals surface area contributed by atoms with Gasteiger partial charge in [0.2, 0.25) is 0 Å². The van der Waals surface area contributed by atoms with Gasteiger partial charge in [-0.1, -0.05) is 26.0 Å². The summed E-state index contributed by atoms with van der Waals surface area (Å²) in [6.07, 6.45) is 2.23. The lowest BCUT2D eigenvalue weighted by Crippen LogP contribution is -2.47. The lowest BCUT2D eigenvalue weighted by molar-refractivity contribution is 0.0355. The third-order valence-corrected chi connectivity index (χ3v) is 4.23. The highest BCUT2D eigenvalue weighted by Crippen LogP contribution is 2.20. The molecule has 0 radical (unpaired) electrons. The van der Waals surface area contributed by atoms with Crippen molar-refractivity contribution in [1.82, 2.24) is 5.32 Å². The molecular weight excluding hydrogens is 248 g/mol. The van der Waals surface area contributed by atoms with Crippen molar-refractivity contribution < 1.29 is 4.74 Å². The maximum atomic E-state index is 5.67. The maximum absolute atomic E-state index is 5.67. The molecule has 1 aliphatic heterocycles. The molecule has 2 atom stereocenters. The molecule has 20 heavy (non-hydrogen) atoms. The molecule has 1 aromatic carbocycles. The molecule has 2 rings (SSSR count). The summed E-state index contributed by atoms with van der Waals surface area (Å²) < 4.78 is 5.67. The Morgan fingerprint density at radius 3 is 2.65 bits per heavy atom. The first kappa shape index (κ1) is 15.3. The molecule has 3 heteroatoms. The van der Waals surface area contributed by atoms with E-state index in [1.807, 2.05) is 0 Å². The van der Waals surface area contributed by atoms with E-state index in [-0.39, 0.29) is 0 Å². The Labute approximate surface area is 123 Å². The lowest BCUT2D eigenvalue weighted by atomic mass is 9.95. The minimum absolute atomic E-state index is 0.569. The Kier molecular flexibility index (Phi) is 5.86. The van der Waals surface area contributed by atoms with Gasteiger partial charge in [0.15, 0.2) is 0 Å². The second-order valence-electron chi connectivity index (χ2n) is 5.69. The van der Waals surface area contributed by atoms with Crippen LogP contribution in [0.2, 0.25) is 0 Å². The van der Waals surface area contributed by atoms with Crippen LogP contribution >= 0.6 is 0 Å². The van der Waals surface area contributed by atoms with Crippen molar-refractivity contribution in [3.8, 4) is 0 Å². The molecule has 0 spiro atoms. The van der Waals surface area contributed by atoms with Crippen molar-refractivity contribution >= 4 is 5.69 Å². The third-order valence-electron chi connectivity index (χ3n) is 4.23. The van der Waals surface area contributed by atoms with Crippen LogP contribution in [0, 0.1) is 5.92 Å². The van der Waals surface area contributed by atoms with E-state index in [2.05, 4.69) is 55.4 Å². The van der Waals surface area contributed by atoms with Gasteiger partial charge in [-0.3, -0.25) is 0 Å². The molecule has 0 amide bonds. The van der Waals surface area contributed by atoms with Gasteiger partial charge in [0, 0.05) is 37.8 Å². The largest absolute Gasteiger partial charge is 0.381 e. The van der Waals surface area contributed by atoms with E-state index >= 15 is 0 Å². The quantitative estimate of drug-likeness (QED) is 0.864. The van der Waals surface area contributed by atoms with Gasteiger partial charge in [-0.2, -0.15) is 0 Å². The van der Waals surface area contributed by atoms with Gasteiger partial charge in [0.1, 0.15) is 0 Å². The zero-order valence-electron chi connectivity index (χ0n) is 13.1. The highest BCUT2D eigenvalue weighted by atomic mass is 16.5. The summed E-state index contributed by atoms with van der Waals surface area (Å²) in [6.45, 7) is 8.22. The Bertz CT molecular complexity index is 388. The highest BCUT2D eigenvalue weighted by molar-refractivity contribution is 5.47. The van der Waals surface area contributed by atoms with E-state index in [9.17, 15) is 0 Å². The smallest absolute Gasteiger partial charge is 0.0526 e. The number of aryl methyl sites for hydroxylation is 1. The van der Waals surface area contributed by atoms with Gasteiger partial charge in [-0.05, 0) is 37.1 Å².